The maximum atomic E-state index is 11.3. The molecule has 1 heterocycles. The van der Waals surface area contributed by atoms with Crippen molar-refractivity contribution in [3.63, 3.8) is 0 Å². The molecule has 0 aliphatic carbocycles. The molecule has 1 fully saturated rings. The summed E-state index contributed by atoms with van der Waals surface area (Å²) >= 11 is 5.76. The molecule has 1 aliphatic heterocycles. The summed E-state index contributed by atoms with van der Waals surface area (Å²) in [5.74, 6) is -2.74. The summed E-state index contributed by atoms with van der Waals surface area (Å²) in [6.07, 6.45) is 1.41. The molecule has 16 heavy (non-hydrogen) atoms. The number of ketones is 2. The molecular formula is C11H6ClNO3. The Bertz CT molecular complexity index is 534. The number of carbonyl (C=O) groups is 3. The fourth-order valence-corrected chi connectivity index (χ4v) is 1.52. The van der Waals surface area contributed by atoms with Gasteiger partial charge in [0.2, 0.25) is 0 Å². The molecule has 1 aliphatic rings. The first-order valence-electron chi connectivity index (χ1n) is 4.45. The predicted octanol–water partition coefficient (Wildman–Crippen LogP) is 0.949. The van der Waals surface area contributed by atoms with E-state index >= 15 is 0 Å². The molecule has 0 aromatic heterocycles. The van der Waals surface area contributed by atoms with Crippen LogP contribution < -0.4 is 5.32 Å². The number of rotatable bonds is 1. The smallest absolute Gasteiger partial charge is 0.300 e. The van der Waals surface area contributed by atoms with E-state index in [9.17, 15) is 14.4 Å². The van der Waals surface area contributed by atoms with Gasteiger partial charge in [-0.05, 0) is 23.8 Å². The summed E-state index contributed by atoms with van der Waals surface area (Å²) in [5.41, 5.74) is 0.628. The van der Waals surface area contributed by atoms with E-state index in [4.69, 9.17) is 11.6 Å². The van der Waals surface area contributed by atoms with E-state index in [-0.39, 0.29) is 5.70 Å². The van der Waals surface area contributed by atoms with Crippen LogP contribution in [0.25, 0.3) is 6.08 Å². The van der Waals surface area contributed by atoms with E-state index in [1.165, 1.54) is 6.08 Å². The number of halogens is 1. The lowest BCUT2D eigenvalue weighted by atomic mass is 10.1. The highest BCUT2D eigenvalue weighted by Crippen LogP contribution is 2.15. The molecule has 0 spiro atoms. The van der Waals surface area contributed by atoms with Gasteiger partial charge in [0.05, 0.1) is 5.70 Å². The quantitative estimate of drug-likeness (QED) is 0.582. The normalized spacial score (nSPS) is 18.1. The lowest BCUT2D eigenvalue weighted by Crippen LogP contribution is -2.18. The van der Waals surface area contributed by atoms with Crippen LogP contribution in [0, 0.1) is 0 Å². The molecule has 1 aromatic carbocycles. The first kappa shape index (κ1) is 10.6. The number of allylic oxidation sites excluding steroid dienone is 1. The Morgan fingerprint density at radius 1 is 1.12 bits per heavy atom. The maximum absolute atomic E-state index is 11.3. The first-order valence-corrected chi connectivity index (χ1v) is 4.83. The summed E-state index contributed by atoms with van der Waals surface area (Å²) < 4.78 is 0. The van der Waals surface area contributed by atoms with Gasteiger partial charge in [0, 0.05) is 5.02 Å². The maximum Gasteiger partial charge on any atom is 0.300 e. The van der Waals surface area contributed by atoms with Gasteiger partial charge in [-0.3, -0.25) is 14.4 Å². The Morgan fingerprint density at radius 3 is 2.44 bits per heavy atom. The van der Waals surface area contributed by atoms with Crippen LogP contribution in [-0.2, 0) is 14.4 Å². The van der Waals surface area contributed by atoms with Crippen molar-refractivity contribution >= 4 is 35.2 Å². The van der Waals surface area contributed by atoms with Gasteiger partial charge in [0.1, 0.15) is 0 Å². The van der Waals surface area contributed by atoms with Crippen molar-refractivity contribution < 1.29 is 14.4 Å². The van der Waals surface area contributed by atoms with E-state index in [0.717, 1.165) is 0 Å². The SMILES string of the molecule is O=C1NC(=Cc2cccc(Cl)c2)C(=O)C1=O. The number of Topliss-reactive ketones (excluding diaryl/α,β-unsaturated/α-hetero) is 2. The third-order valence-electron chi connectivity index (χ3n) is 2.06. The molecule has 1 N–H and O–H groups in total. The summed E-state index contributed by atoms with van der Waals surface area (Å²) in [4.78, 5) is 33.1. The molecule has 5 heteroatoms. The van der Waals surface area contributed by atoms with Crippen molar-refractivity contribution in [2.45, 2.75) is 0 Å². The fourth-order valence-electron chi connectivity index (χ4n) is 1.33. The van der Waals surface area contributed by atoms with E-state index in [2.05, 4.69) is 5.32 Å². The van der Waals surface area contributed by atoms with Gasteiger partial charge >= 0.3 is 5.91 Å². The Kier molecular flexibility index (Phi) is 2.58. The van der Waals surface area contributed by atoms with Crippen LogP contribution in [0.5, 0.6) is 0 Å². The molecule has 1 aromatic rings. The Morgan fingerprint density at radius 2 is 1.88 bits per heavy atom. The van der Waals surface area contributed by atoms with Crippen LogP contribution >= 0.6 is 11.6 Å². The van der Waals surface area contributed by atoms with Crippen LogP contribution in [0.4, 0.5) is 0 Å². The van der Waals surface area contributed by atoms with Gasteiger partial charge in [-0.1, -0.05) is 23.7 Å². The average Bonchev–Trinajstić information content (AvgIpc) is 2.47. The van der Waals surface area contributed by atoms with Crippen LogP contribution in [0.3, 0.4) is 0 Å². The molecule has 80 valence electrons. The first-order chi connectivity index (χ1) is 7.58. The van der Waals surface area contributed by atoms with Gasteiger partial charge < -0.3 is 5.32 Å². The van der Waals surface area contributed by atoms with Crippen molar-refractivity contribution in [1.82, 2.24) is 5.32 Å². The second kappa shape index (κ2) is 3.90. The molecule has 4 nitrogen and oxygen atoms in total. The molecule has 0 saturated carbocycles. The number of hydrogen-bond donors (Lipinski definition) is 1. The molecule has 2 rings (SSSR count). The topological polar surface area (TPSA) is 63.2 Å². The molecular weight excluding hydrogens is 230 g/mol. The minimum atomic E-state index is -1.03. The van der Waals surface area contributed by atoms with Crippen molar-refractivity contribution in [1.29, 1.82) is 0 Å². The van der Waals surface area contributed by atoms with E-state index < -0.39 is 17.5 Å². The summed E-state index contributed by atoms with van der Waals surface area (Å²) in [5, 5.41) is 2.71. The van der Waals surface area contributed by atoms with Crippen LogP contribution in [0.15, 0.2) is 30.0 Å². The number of carbonyl (C=O) groups excluding carboxylic acids is 3. The number of amides is 1. The largest absolute Gasteiger partial charge is 0.316 e. The van der Waals surface area contributed by atoms with E-state index in [0.29, 0.717) is 10.6 Å². The summed E-state index contributed by atoms with van der Waals surface area (Å²) in [6.45, 7) is 0. The number of benzene rings is 1. The van der Waals surface area contributed by atoms with Gasteiger partial charge in [-0.25, -0.2) is 0 Å². The Balaban J connectivity index is 2.36. The average molecular weight is 236 g/mol. The summed E-state index contributed by atoms with van der Waals surface area (Å²) in [7, 11) is 0. The second-order valence-electron chi connectivity index (χ2n) is 3.23. The van der Waals surface area contributed by atoms with Gasteiger partial charge in [0.25, 0.3) is 11.6 Å². The van der Waals surface area contributed by atoms with Crippen LogP contribution in [0.1, 0.15) is 5.56 Å². The van der Waals surface area contributed by atoms with E-state index in [1.54, 1.807) is 24.3 Å². The zero-order valence-electron chi connectivity index (χ0n) is 7.99. The van der Waals surface area contributed by atoms with Crippen molar-refractivity contribution in [2.75, 3.05) is 0 Å². The lowest BCUT2D eigenvalue weighted by Gasteiger charge is -1.96. The minimum Gasteiger partial charge on any atom is -0.316 e. The van der Waals surface area contributed by atoms with Gasteiger partial charge in [-0.15, -0.1) is 0 Å². The van der Waals surface area contributed by atoms with Gasteiger partial charge in [0.15, 0.2) is 0 Å². The fraction of sp³-hybridized carbons (Fsp3) is 0. The molecule has 1 saturated heterocycles. The number of hydrogen-bond acceptors (Lipinski definition) is 3. The third-order valence-corrected chi connectivity index (χ3v) is 2.30. The van der Waals surface area contributed by atoms with Crippen molar-refractivity contribution in [2.24, 2.45) is 0 Å². The predicted molar refractivity (Wildman–Crippen MR) is 57.6 cm³/mol. The summed E-state index contributed by atoms with van der Waals surface area (Å²) in [6, 6.07) is 6.72. The highest BCUT2D eigenvalue weighted by molar-refractivity contribution is 6.71. The van der Waals surface area contributed by atoms with Crippen molar-refractivity contribution in [3.05, 3.63) is 40.5 Å². The molecule has 0 atom stereocenters. The minimum absolute atomic E-state index is 0.0164. The standard InChI is InChI=1S/C11H6ClNO3/c12-7-3-1-2-6(4-7)5-8-9(14)10(15)11(16)13-8/h1-5H,(H,13,16). The number of nitrogens with one attached hydrogen (secondary N) is 1. The molecule has 0 unspecified atom stereocenters. The third kappa shape index (κ3) is 1.87. The second-order valence-corrected chi connectivity index (χ2v) is 3.66. The van der Waals surface area contributed by atoms with Crippen molar-refractivity contribution in [3.8, 4) is 0 Å². The molecule has 0 radical (unpaired) electrons. The zero-order chi connectivity index (χ0) is 11.7. The monoisotopic (exact) mass is 235 g/mol. The highest BCUT2D eigenvalue weighted by atomic mass is 35.5. The molecule has 0 bridgehead atoms. The van der Waals surface area contributed by atoms with Crippen LogP contribution in [0.2, 0.25) is 5.02 Å². The van der Waals surface area contributed by atoms with Gasteiger partial charge in [-0.2, -0.15) is 0 Å². The highest BCUT2D eigenvalue weighted by Gasteiger charge is 2.34. The zero-order valence-corrected chi connectivity index (χ0v) is 8.75. The molecule has 1 amide bonds. The lowest BCUT2D eigenvalue weighted by molar-refractivity contribution is -0.140. The Labute approximate surface area is 95.9 Å². The van der Waals surface area contributed by atoms with E-state index in [1.807, 2.05) is 0 Å². The Hall–Kier alpha value is -1.94. The van der Waals surface area contributed by atoms with Crippen LogP contribution in [-0.4, -0.2) is 17.5 Å².